The summed E-state index contributed by atoms with van der Waals surface area (Å²) in [5.74, 6) is 0.341. The Morgan fingerprint density at radius 3 is 2.63 bits per heavy atom. The van der Waals surface area contributed by atoms with Gasteiger partial charge in [-0.3, -0.25) is 14.5 Å². The molecule has 0 radical (unpaired) electrons. The van der Waals surface area contributed by atoms with E-state index in [2.05, 4.69) is 39.3 Å². The highest BCUT2D eigenvalue weighted by atomic mass is 16.5. The first-order valence-electron chi connectivity index (χ1n) is 11.7. The molecule has 0 unspecified atom stereocenters. The molecular weight excluding hydrogens is 446 g/mol. The number of hydrogen-bond acceptors (Lipinski definition) is 8. The number of carbonyl (C=O) groups is 2. The minimum Gasteiger partial charge on any atom is -0.487 e. The number of primary amides is 1. The summed E-state index contributed by atoms with van der Waals surface area (Å²) in [5.41, 5.74) is 7.75. The zero-order valence-electron chi connectivity index (χ0n) is 20.6. The van der Waals surface area contributed by atoms with Crippen molar-refractivity contribution < 1.29 is 14.3 Å². The summed E-state index contributed by atoms with van der Waals surface area (Å²) in [5, 5.41) is 13.7. The van der Waals surface area contributed by atoms with Crippen molar-refractivity contribution in [2.24, 2.45) is 10.7 Å². The van der Waals surface area contributed by atoms with E-state index in [1.54, 1.807) is 18.5 Å². The lowest BCUT2D eigenvalue weighted by Crippen LogP contribution is -2.58. The molecule has 3 aliphatic heterocycles. The largest absolute Gasteiger partial charge is 0.487 e. The third kappa shape index (κ3) is 5.22. The number of piperazine rings is 1. The van der Waals surface area contributed by atoms with E-state index in [0.717, 1.165) is 29.6 Å². The first kappa shape index (κ1) is 24.5. The lowest BCUT2D eigenvalue weighted by Gasteiger charge is -2.45. The van der Waals surface area contributed by atoms with E-state index < -0.39 is 5.91 Å². The van der Waals surface area contributed by atoms with Crippen LogP contribution in [0, 0.1) is 5.41 Å². The summed E-state index contributed by atoms with van der Waals surface area (Å²) < 4.78 is 6.18. The van der Waals surface area contributed by atoms with Crippen molar-refractivity contribution in [2.75, 3.05) is 29.9 Å². The fourth-order valence-electron chi connectivity index (χ4n) is 4.95. The average molecular weight is 480 g/mol. The van der Waals surface area contributed by atoms with Crippen LogP contribution in [0.15, 0.2) is 40.8 Å². The Bertz CT molecular complexity index is 1130. The van der Waals surface area contributed by atoms with Crippen molar-refractivity contribution in [1.82, 2.24) is 10.2 Å². The zero-order chi connectivity index (χ0) is 25.3. The number of nitrogens with two attached hydrogens (primary N) is 1. The highest BCUT2D eigenvalue weighted by molar-refractivity contribution is 6.18. The summed E-state index contributed by atoms with van der Waals surface area (Å²) in [7, 11) is 0. The Kier molecular flexibility index (Phi) is 6.66. The molecule has 0 aliphatic carbocycles. The molecule has 2 amide bonds. The van der Waals surface area contributed by atoms with Crippen LogP contribution in [0.1, 0.15) is 33.3 Å². The number of amides is 2. The van der Waals surface area contributed by atoms with Crippen LogP contribution in [-0.2, 0) is 16.0 Å². The number of carbonyl (C=O) groups excluding carboxylic acids is 2. The van der Waals surface area contributed by atoms with E-state index in [1.165, 1.54) is 0 Å². The maximum Gasteiger partial charge on any atom is 0.261 e. The lowest BCUT2D eigenvalue weighted by atomic mass is 10.00. The van der Waals surface area contributed by atoms with E-state index >= 15 is 0 Å². The van der Waals surface area contributed by atoms with Crippen molar-refractivity contribution in [3.05, 3.63) is 41.4 Å². The van der Waals surface area contributed by atoms with Gasteiger partial charge in [0.1, 0.15) is 17.2 Å². The quantitative estimate of drug-likeness (QED) is 0.363. The monoisotopic (exact) mass is 479 g/mol. The van der Waals surface area contributed by atoms with Crippen LogP contribution >= 0.6 is 0 Å². The standard InChI is InChI=1S/C25H33N7O3/c1-15-12-31(13-16(2)32(15)14-22(27)33)20-9-21-17(10-25(3,4)35-21)8-19(20)30-24(34)18(11-26)23-28-6-5-7-29-23/h5-9,11,15-16,26,28H,10,12-14H2,1-4H3,(H2,27,33)(H,30,34)/b23-18-,26-11?/t15-,16+. The number of nitrogens with zero attached hydrogens (tertiary/aromatic N) is 3. The van der Waals surface area contributed by atoms with Crippen LogP contribution in [0.25, 0.3) is 0 Å². The molecule has 10 heteroatoms. The fourth-order valence-corrected chi connectivity index (χ4v) is 4.95. The molecule has 0 spiro atoms. The van der Waals surface area contributed by atoms with Gasteiger partial charge < -0.3 is 31.4 Å². The molecule has 2 atom stereocenters. The molecule has 186 valence electrons. The number of ether oxygens (including phenoxy) is 1. The van der Waals surface area contributed by atoms with Crippen LogP contribution in [0.4, 0.5) is 11.4 Å². The lowest BCUT2D eigenvalue weighted by molar-refractivity contribution is -0.120. The fraction of sp³-hybridized carbons (Fsp3) is 0.440. The normalized spacial score (nSPS) is 24.3. The first-order valence-corrected chi connectivity index (χ1v) is 11.7. The average Bonchev–Trinajstić information content (AvgIpc) is 3.09. The van der Waals surface area contributed by atoms with Crippen molar-refractivity contribution in [3.63, 3.8) is 0 Å². The molecule has 3 aliphatic rings. The molecule has 1 aromatic carbocycles. The van der Waals surface area contributed by atoms with Gasteiger partial charge in [0.05, 0.1) is 23.5 Å². The Balaban J connectivity index is 1.68. The Hall–Kier alpha value is -3.66. The molecule has 0 bridgehead atoms. The molecule has 35 heavy (non-hydrogen) atoms. The molecule has 10 nitrogen and oxygen atoms in total. The van der Waals surface area contributed by atoms with E-state index in [-0.39, 0.29) is 35.7 Å². The Morgan fingerprint density at radius 1 is 1.31 bits per heavy atom. The van der Waals surface area contributed by atoms with E-state index in [9.17, 15) is 9.59 Å². The molecule has 4 rings (SSSR count). The minimum absolute atomic E-state index is 0.0761. The molecule has 3 heterocycles. The second kappa shape index (κ2) is 9.53. The number of benzene rings is 1. The third-order valence-electron chi connectivity index (χ3n) is 6.46. The maximum absolute atomic E-state index is 13.2. The van der Waals surface area contributed by atoms with Gasteiger partial charge >= 0.3 is 0 Å². The number of rotatable bonds is 6. The van der Waals surface area contributed by atoms with Gasteiger partial charge in [-0.1, -0.05) is 0 Å². The van der Waals surface area contributed by atoms with Gasteiger partial charge in [0.15, 0.2) is 0 Å². The zero-order valence-corrected chi connectivity index (χ0v) is 20.6. The van der Waals surface area contributed by atoms with Gasteiger partial charge in [-0.15, -0.1) is 0 Å². The third-order valence-corrected chi connectivity index (χ3v) is 6.46. The summed E-state index contributed by atoms with van der Waals surface area (Å²) in [6.45, 7) is 9.71. The van der Waals surface area contributed by atoms with E-state index in [1.807, 2.05) is 26.0 Å². The van der Waals surface area contributed by atoms with E-state index in [0.29, 0.717) is 24.6 Å². The van der Waals surface area contributed by atoms with Crippen LogP contribution in [0.2, 0.25) is 0 Å². The second-order valence-electron chi connectivity index (χ2n) is 9.90. The highest BCUT2D eigenvalue weighted by Crippen LogP contribution is 2.42. The van der Waals surface area contributed by atoms with Gasteiger partial charge in [-0.2, -0.15) is 0 Å². The van der Waals surface area contributed by atoms with Gasteiger partial charge in [0, 0.05) is 61.9 Å². The molecule has 0 saturated carbocycles. The van der Waals surface area contributed by atoms with E-state index in [4.69, 9.17) is 15.9 Å². The molecular formula is C25H33N7O3. The predicted molar refractivity (Wildman–Crippen MR) is 137 cm³/mol. The number of aliphatic imine (C=N–C) groups is 1. The van der Waals surface area contributed by atoms with Gasteiger partial charge in [-0.25, -0.2) is 4.99 Å². The number of fused-ring (bicyclic) bond motifs is 1. The predicted octanol–water partition coefficient (Wildman–Crippen LogP) is 1.77. The van der Waals surface area contributed by atoms with Crippen LogP contribution in [0.5, 0.6) is 5.75 Å². The minimum atomic E-state index is -0.428. The number of allylic oxidation sites excluding steroid dienone is 1. The molecule has 0 aromatic heterocycles. The Labute approximate surface area is 205 Å². The number of hydrogen-bond donors (Lipinski definition) is 4. The second-order valence-corrected chi connectivity index (χ2v) is 9.90. The SMILES string of the molecule is C[C@@H]1CN(c2cc3c(cc2NC(=O)/C(C=N)=C2\N=CC=CN2)CC(C)(C)O3)C[C@H](C)N1CC(N)=O. The van der Waals surface area contributed by atoms with Crippen molar-refractivity contribution in [3.8, 4) is 5.75 Å². The summed E-state index contributed by atoms with van der Waals surface area (Å²) in [6.07, 6.45) is 6.66. The first-order chi connectivity index (χ1) is 16.6. The summed E-state index contributed by atoms with van der Waals surface area (Å²) in [4.78, 5) is 33.3. The number of nitrogens with one attached hydrogen (secondary N) is 3. The van der Waals surface area contributed by atoms with Crippen molar-refractivity contribution in [2.45, 2.75) is 51.8 Å². The topological polar surface area (TPSA) is 136 Å². The smallest absolute Gasteiger partial charge is 0.261 e. The van der Waals surface area contributed by atoms with Gasteiger partial charge in [0.2, 0.25) is 5.91 Å². The molecule has 1 aromatic rings. The van der Waals surface area contributed by atoms with Gasteiger partial charge in [-0.05, 0) is 39.8 Å². The van der Waals surface area contributed by atoms with Crippen LogP contribution in [-0.4, -0.2) is 66.5 Å². The van der Waals surface area contributed by atoms with Gasteiger partial charge in [0.25, 0.3) is 5.91 Å². The Morgan fingerprint density at radius 2 is 2.03 bits per heavy atom. The summed E-state index contributed by atoms with van der Waals surface area (Å²) in [6, 6.07) is 4.10. The summed E-state index contributed by atoms with van der Waals surface area (Å²) >= 11 is 0. The van der Waals surface area contributed by atoms with Crippen molar-refractivity contribution >= 4 is 35.6 Å². The molecule has 1 fully saturated rings. The molecule has 1 saturated heterocycles. The molecule has 5 N–H and O–H groups in total. The van der Waals surface area contributed by atoms with Crippen molar-refractivity contribution in [1.29, 1.82) is 5.41 Å². The maximum atomic E-state index is 13.2. The number of anilines is 2. The van der Waals surface area contributed by atoms with Crippen LogP contribution < -0.4 is 26.0 Å². The highest BCUT2D eigenvalue weighted by Gasteiger charge is 2.35. The van der Waals surface area contributed by atoms with Crippen LogP contribution in [0.3, 0.4) is 0 Å².